The Bertz CT molecular complexity index is 801. The van der Waals surface area contributed by atoms with Crippen LogP contribution < -0.4 is 0 Å². The Hall–Kier alpha value is -2.18. The maximum Gasteiger partial charge on any atom is 0.133 e. The third-order valence-corrected chi connectivity index (χ3v) is 3.95. The smallest absolute Gasteiger partial charge is 0.133 e. The van der Waals surface area contributed by atoms with Gasteiger partial charge in [-0.1, -0.05) is 29.8 Å². The molecule has 1 nitrogen and oxygen atoms in total. The molecule has 1 aliphatic carbocycles. The fourth-order valence-corrected chi connectivity index (χ4v) is 2.58. The molecule has 0 heterocycles. The number of nitrogens with zero attached hydrogens (tertiary/aromatic N) is 1. The van der Waals surface area contributed by atoms with Crippen LogP contribution in [0.25, 0.3) is 11.6 Å². The van der Waals surface area contributed by atoms with Gasteiger partial charge in [-0.2, -0.15) is 5.26 Å². The van der Waals surface area contributed by atoms with E-state index < -0.39 is 5.82 Å². The first-order chi connectivity index (χ1) is 10.6. The molecule has 1 aliphatic rings. The first-order valence-electron chi connectivity index (χ1n) is 6.96. The van der Waals surface area contributed by atoms with Crippen LogP contribution in [0.5, 0.6) is 0 Å². The maximum atomic E-state index is 14.5. The maximum absolute atomic E-state index is 14.5. The SMILES string of the molecule is N#C/C(=C\c1cccc(C2CC2)c1F)c1ccc(Cl)cc1F. The lowest BCUT2D eigenvalue weighted by Gasteiger charge is -2.06. The van der Waals surface area contributed by atoms with Gasteiger partial charge < -0.3 is 0 Å². The van der Waals surface area contributed by atoms with Crippen LogP contribution in [0, 0.1) is 23.0 Å². The highest BCUT2D eigenvalue weighted by Gasteiger charge is 2.27. The van der Waals surface area contributed by atoms with E-state index in [2.05, 4.69) is 0 Å². The molecule has 4 heteroatoms. The van der Waals surface area contributed by atoms with Gasteiger partial charge in [0.15, 0.2) is 0 Å². The molecule has 1 saturated carbocycles. The molecule has 3 rings (SSSR count). The molecule has 0 aliphatic heterocycles. The number of hydrogen-bond donors (Lipinski definition) is 0. The van der Waals surface area contributed by atoms with Gasteiger partial charge in [-0.15, -0.1) is 0 Å². The minimum Gasteiger partial charge on any atom is -0.206 e. The van der Waals surface area contributed by atoms with E-state index in [-0.39, 0.29) is 27.9 Å². The summed E-state index contributed by atoms with van der Waals surface area (Å²) in [7, 11) is 0. The van der Waals surface area contributed by atoms with Crippen LogP contribution >= 0.6 is 11.6 Å². The highest BCUT2D eigenvalue weighted by molar-refractivity contribution is 6.30. The molecule has 2 aromatic rings. The summed E-state index contributed by atoms with van der Waals surface area (Å²) in [6, 6.07) is 11.1. The molecule has 1 fully saturated rings. The molecule has 0 radical (unpaired) electrons. The van der Waals surface area contributed by atoms with Gasteiger partial charge in [-0.25, -0.2) is 8.78 Å². The fraction of sp³-hybridized carbons (Fsp3) is 0.167. The molecule has 22 heavy (non-hydrogen) atoms. The van der Waals surface area contributed by atoms with E-state index in [1.54, 1.807) is 18.2 Å². The van der Waals surface area contributed by atoms with E-state index >= 15 is 0 Å². The number of nitriles is 1. The topological polar surface area (TPSA) is 23.8 Å². The monoisotopic (exact) mass is 315 g/mol. The van der Waals surface area contributed by atoms with Gasteiger partial charge in [0.1, 0.15) is 11.6 Å². The Kier molecular flexibility index (Phi) is 3.96. The van der Waals surface area contributed by atoms with Crippen molar-refractivity contribution in [1.82, 2.24) is 0 Å². The molecule has 110 valence electrons. The van der Waals surface area contributed by atoms with Crippen LogP contribution in [0.1, 0.15) is 35.4 Å². The van der Waals surface area contributed by atoms with E-state index in [9.17, 15) is 14.0 Å². The van der Waals surface area contributed by atoms with Crippen molar-refractivity contribution < 1.29 is 8.78 Å². The van der Waals surface area contributed by atoms with E-state index in [4.69, 9.17) is 11.6 Å². The van der Waals surface area contributed by atoms with Crippen LogP contribution in [0.4, 0.5) is 8.78 Å². The van der Waals surface area contributed by atoms with Crippen LogP contribution in [0.3, 0.4) is 0 Å². The van der Waals surface area contributed by atoms with Crippen molar-refractivity contribution in [3.63, 3.8) is 0 Å². The van der Waals surface area contributed by atoms with Crippen molar-refractivity contribution in [3.8, 4) is 6.07 Å². The summed E-state index contributed by atoms with van der Waals surface area (Å²) in [6.07, 6.45) is 3.36. The lowest BCUT2D eigenvalue weighted by molar-refractivity contribution is 0.608. The van der Waals surface area contributed by atoms with Gasteiger partial charge in [-0.05, 0) is 48.6 Å². The number of halogens is 3. The quantitative estimate of drug-likeness (QED) is 0.537. The molecular weight excluding hydrogens is 304 g/mol. The zero-order valence-corrected chi connectivity index (χ0v) is 12.4. The summed E-state index contributed by atoms with van der Waals surface area (Å²) >= 11 is 5.71. The van der Waals surface area contributed by atoms with E-state index in [0.29, 0.717) is 11.1 Å². The predicted octanol–water partition coefficient (Wildman–Crippen LogP) is 5.56. The molecule has 0 atom stereocenters. The minimum absolute atomic E-state index is 0.0704. The summed E-state index contributed by atoms with van der Waals surface area (Å²) in [4.78, 5) is 0. The van der Waals surface area contributed by atoms with Crippen molar-refractivity contribution in [3.05, 3.63) is 69.7 Å². The highest BCUT2D eigenvalue weighted by Crippen LogP contribution is 2.42. The van der Waals surface area contributed by atoms with Crippen LogP contribution in [-0.2, 0) is 0 Å². The first kappa shape index (κ1) is 14.7. The summed E-state index contributed by atoms with van der Waals surface area (Å²) in [5.41, 5.74) is 1.15. The van der Waals surface area contributed by atoms with Gasteiger partial charge in [-0.3, -0.25) is 0 Å². The molecular formula is C18H12ClF2N. The summed E-state index contributed by atoms with van der Waals surface area (Å²) in [5, 5.41) is 9.53. The molecule has 0 N–H and O–H groups in total. The number of allylic oxidation sites excluding steroid dienone is 1. The second-order valence-electron chi connectivity index (χ2n) is 5.32. The molecule has 2 aromatic carbocycles. The van der Waals surface area contributed by atoms with Gasteiger partial charge >= 0.3 is 0 Å². The average molecular weight is 316 g/mol. The minimum atomic E-state index is -0.598. The van der Waals surface area contributed by atoms with E-state index in [1.807, 2.05) is 6.07 Å². The lowest BCUT2D eigenvalue weighted by atomic mass is 10.0. The first-order valence-corrected chi connectivity index (χ1v) is 7.33. The standard InChI is InChI=1S/C18H12ClF2N/c19-14-6-7-15(17(20)9-14)13(10-22)8-12-2-1-3-16(18(12)21)11-4-5-11/h1-3,6-9,11H,4-5H2/b13-8+. The van der Waals surface area contributed by atoms with Crippen molar-refractivity contribution >= 4 is 23.3 Å². The summed E-state index contributed by atoms with van der Waals surface area (Å²) in [6.45, 7) is 0. The van der Waals surface area contributed by atoms with Crippen LogP contribution in [-0.4, -0.2) is 0 Å². The number of benzene rings is 2. The average Bonchev–Trinajstić information content (AvgIpc) is 3.32. The molecule has 0 aromatic heterocycles. The molecule has 0 amide bonds. The van der Waals surface area contributed by atoms with E-state index in [1.165, 1.54) is 18.2 Å². The Balaban J connectivity index is 2.06. The summed E-state index contributed by atoms with van der Waals surface area (Å²) < 4.78 is 28.4. The number of hydrogen-bond acceptors (Lipinski definition) is 1. The Morgan fingerprint density at radius 1 is 1.23 bits per heavy atom. The summed E-state index contributed by atoms with van der Waals surface area (Å²) in [5.74, 6) is -0.655. The van der Waals surface area contributed by atoms with Crippen LogP contribution in [0.15, 0.2) is 36.4 Å². The van der Waals surface area contributed by atoms with Gasteiger partial charge in [0, 0.05) is 16.1 Å². The zero-order valence-electron chi connectivity index (χ0n) is 11.6. The zero-order chi connectivity index (χ0) is 15.7. The van der Waals surface area contributed by atoms with Crippen molar-refractivity contribution in [2.75, 3.05) is 0 Å². The molecule has 0 spiro atoms. The molecule has 0 saturated heterocycles. The largest absolute Gasteiger partial charge is 0.206 e. The molecule has 0 unspecified atom stereocenters. The predicted molar refractivity (Wildman–Crippen MR) is 83.3 cm³/mol. The third kappa shape index (κ3) is 2.88. The molecule has 0 bridgehead atoms. The van der Waals surface area contributed by atoms with Crippen molar-refractivity contribution in [2.24, 2.45) is 0 Å². The normalized spacial score (nSPS) is 14.7. The highest BCUT2D eigenvalue weighted by atomic mass is 35.5. The number of rotatable bonds is 3. The lowest BCUT2D eigenvalue weighted by Crippen LogP contribution is -1.93. The Morgan fingerprint density at radius 3 is 2.64 bits per heavy atom. The van der Waals surface area contributed by atoms with Gasteiger partial charge in [0.2, 0.25) is 0 Å². The Labute approximate surface area is 132 Å². The Morgan fingerprint density at radius 2 is 2.00 bits per heavy atom. The second kappa shape index (κ2) is 5.90. The second-order valence-corrected chi connectivity index (χ2v) is 5.76. The van der Waals surface area contributed by atoms with Crippen molar-refractivity contribution in [1.29, 1.82) is 5.26 Å². The van der Waals surface area contributed by atoms with Gasteiger partial charge in [0.05, 0.1) is 11.6 Å². The van der Waals surface area contributed by atoms with E-state index in [0.717, 1.165) is 18.9 Å². The third-order valence-electron chi connectivity index (χ3n) is 3.72. The van der Waals surface area contributed by atoms with Gasteiger partial charge in [0.25, 0.3) is 0 Å². The van der Waals surface area contributed by atoms with Crippen LogP contribution in [0.2, 0.25) is 5.02 Å². The van der Waals surface area contributed by atoms with Crippen molar-refractivity contribution in [2.45, 2.75) is 18.8 Å². The fourth-order valence-electron chi connectivity index (χ4n) is 2.42.